The van der Waals surface area contributed by atoms with Crippen LogP contribution in [0.25, 0.3) is 0 Å². The maximum absolute atomic E-state index is 12.8. The normalized spacial score (nSPS) is 30.9. The lowest BCUT2D eigenvalue weighted by molar-refractivity contribution is -0.171. The quantitative estimate of drug-likeness (QED) is 0.575. The lowest BCUT2D eigenvalue weighted by atomic mass is 9.47. The molecule has 3 aliphatic carbocycles. The summed E-state index contributed by atoms with van der Waals surface area (Å²) in [7, 11) is 1.57. The number of hydrogen-bond acceptors (Lipinski definition) is 8. The number of carbonyl (C=O) groups is 3. The zero-order valence-electron chi connectivity index (χ0n) is 19.2. The molecule has 182 valence electrons. The van der Waals surface area contributed by atoms with Crippen molar-refractivity contribution < 1.29 is 43.5 Å². The first-order chi connectivity index (χ1) is 16.2. The molecule has 0 saturated heterocycles. The van der Waals surface area contributed by atoms with Crippen LogP contribution in [-0.4, -0.2) is 53.0 Å². The Morgan fingerprint density at radius 1 is 1.26 bits per heavy atom. The van der Waals surface area contributed by atoms with Gasteiger partial charge in [0.2, 0.25) is 0 Å². The zero-order chi connectivity index (χ0) is 24.3. The van der Waals surface area contributed by atoms with Crippen LogP contribution in [0.15, 0.2) is 24.0 Å². The number of rotatable bonds is 7. The van der Waals surface area contributed by atoms with Crippen molar-refractivity contribution in [3.05, 3.63) is 35.1 Å². The van der Waals surface area contributed by atoms with Crippen LogP contribution < -0.4 is 9.47 Å². The standard InChI is InChI=1S/C25H28O9/c1-13(32-19(28)8-7-18(26)27)23(29)33-17-9-11-25(30)15-4-3-10-24(25)20-14(12-15)5-6-16(31-2)21(20)34-22(17)24/h5-6,9,13,15,22,30H,3-4,7-8,10-12H2,1-2H3,(H,26,27)/t13-,15-,22+,24+,25-/m0/s1. The predicted molar refractivity (Wildman–Crippen MR) is 116 cm³/mol. The topological polar surface area (TPSA) is 129 Å². The van der Waals surface area contributed by atoms with E-state index in [2.05, 4.69) is 0 Å². The van der Waals surface area contributed by atoms with E-state index in [0.29, 0.717) is 24.3 Å². The minimum absolute atomic E-state index is 0.0711. The average molecular weight is 472 g/mol. The van der Waals surface area contributed by atoms with Gasteiger partial charge in [-0.05, 0) is 56.2 Å². The van der Waals surface area contributed by atoms with E-state index in [1.807, 2.05) is 12.1 Å². The monoisotopic (exact) mass is 472 g/mol. The van der Waals surface area contributed by atoms with Crippen LogP contribution in [0.1, 0.15) is 56.6 Å². The molecule has 1 fully saturated rings. The first-order valence-electron chi connectivity index (χ1n) is 11.6. The molecule has 2 bridgehead atoms. The summed E-state index contributed by atoms with van der Waals surface area (Å²) in [4.78, 5) is 35.3. The lowest BCUT2D eigenvalue weighted by Gasteiger charge is -2.59. The fourth-order valence-corrected chi connectivity index (χ4v) is 6.39. The molecule has 1 saturated carbocycles. The molecule has 1 spiro atoms. The highest BCUT2D eigenvalue weighted by atomic mass is 16.6. The number of methoxy groups -OCH3 is 1. The summed E-state index contributed by atoms with van der Waals surface area (Å²) in [6.07, 6.45) is 2.66. The van der Waals surface area contributed by atoms with Crippen molar-refractivity contribution in [1.29, 1.82) is 0 Å². The van der Waals surface area contributed by atoms with Gasteiger partial charge in [-0.15, -0.1) is 0 Å². The molecular formula is C25H28O9. The molecule has 34 heavy (non-hydrogen) atoms. The second kappa shape index (κ2) is 8.01. The molecule has 5 rings (SSSR count). The molecule has 0 aromatic heterocycles. The number of carboxylic acids is 1. The molecule has 1 heterocycles. The molecule has 0 amide bonds. The highest BCUT2D eigenvalue weighted by Crippen LogP contribution is 2.67. The summed E-state index contributed by atoms with van der Waals surface area (Å²) in [6, 6.07) is 3.90. The van der Waals surface area contributed by atoms with Crippen LogP contribution in [0, 0.1) is 5.92 Å². The van der Waals surface area contributed by atoms with Crippen LogP contribution in [0.5, 0.6) is 11.5 Å². The molecule has 1 aromatic carbocycles. The van der Waals surface area contributed by atoms with Crippen LogP contribution in [0.4, 0.5) is 0 Å². The molecule has 9 heteroatoms. The van der Waals surface area contributed by atoms with Gasteiger partial charge in [-0.1, -0.05) is 12.5 Å². The molecular weight excluding hydrogens is 444 g/mol. The Kier molecular flexibility index (Phi) is 5.35. The largest absolute Gasteiger partial charge is 0.493 e. The third kappa shape index (κ3) is 3.13. The summed E-state index contributed by atoms with van der Waals surface area (Å²) in [5.74, 6) is -1.19. The third-order valence-electron chi connectivity index (χ3n) is 7.87. The smallest absolute Gasteiger partial charge is 0.352 e. The van der Waals surface area contributed by atoms with Gasteiger partial charge < -0.3 is 29.2 Å². The van der Waals surface area contributed by atoms with Crippen LogP contribution in [0.2, 0.25) is 0 Å². The first kappa shape index (κ1) is 22.7. The van der Waals surface area contributed by atoms with Crippen molar-refractivity contribution in [2.45, 2.75) is 75.1 Å². The predicted octanol–water partition coefficient (Wildman–Crippen LogP) is 2.41. The summed E-state index contributed by atoms with van der Waals surface area (Å²) < 4.78 is 22.7. The summed E-state index contributed by atoms with van der Waals surface area (Å²) in [6.45, 7) is 1.38. The van der Waals surface area contributed by atoms with E-state index in [0.717, 1.165) is 30.4 Å². The van der Waals surface area contributed by atoms with E-state index < -0.39 is 41.1 Å². The number of benzene rings is 1. The number of aliphatic hydroxyl groups is 1. The maximum Gasteiger partial charge on any atom is 0.352 e. The van der Waals surface area contributed by atoms with Crippen LogP contribution in [-0.2, 0) is 35.7 Å². The Morgan fingerprint density at radius 3 is 2.79 bits per heavy atom. The Balaban J connectivity index is 1.43. The van der Waals surface area contributed by atoms with E-state index in [1.165, 1.54) is 6.92 Å². The third-order valence-corrected chi connectivity index (χ3v) is 7.87. The fraction of sp³-hybridized carbons (Fsp3) is 0.560. The minimum Gasteiger partial charge on any atom is -0.493 e. The van der Waals surface area contributed by atoms with Gasteiger partial charge in [0.25, 0.3) is 0 Å². The Labute approximate surface area is 196 Å². The molecule has 2 N–H and O–H groups in total. The van der Waals surface area contributed by atoms with E-state index in [-0.39, 0.29) is 24.5 Å². The minimum atomic E-state index is -1.22. The van der Waals surface area contributed by atoms with Crippen molar-refractivity contribution in [3.8, 4) is 11.5 Å². The van der Waals surface area contributed by atoms with Gasteiger partial charge in [-0.2, -0.15) is 0 Å². The molecule has 1 aromatic rings. The number of carbonyl (C=O) groups excluding carboxylic acids is 2. The van der Waals surface area contributed by atoms with Gasteiger partial charge in [0, 0.05) is 5.56 Å². The van der Waals surface area contributed by atoms with E-state index in [4.69, 9.17) is 24.1 Å². The number of esters is 2. The van der Waals surface area contributed by atoms with Gasteiger partial charge in [0.1, 0.15) is 5.76 Å². The molecule has 0 unspecified atom stereocenters. The number of hydrogen-bond donors (Lipinski definition) is 2. The van der Waals surface area contributed by atoms with Crippen LogP contribution in [0.3, 0.4) is 0 Å². The molecule has 1 aliphatic heterocycles. The van der Waals surface area contributed by atoms with E-state index in [9.17, 15) is 19.5 Å². The number of carboxylic acid groups (broad SMARTS) is 1. The second-order valence-electron chi connectivity index (χ2n) is 9.58. The van der Waals surface area contributed by atoms with Crippen molar-refractivity contribution in [2.75, 3.05) is 7.11 Å². The van der Waals surface area contributed by atoms with E-state index in [1.54, 1.807) is 13.2 Å². The SMILES string of the molecule is COc1ccc2c3c1O[C@@H]1C(OC(=O)[C@H](C)OC(=O)CCC(=O)O)=CC[C@]4(O)[C@@H](CCC[C@@]314)C2. The average Bonchev–Trinajstić information content (AvgIpc) is 3.14. The lowest BCUT2D eigenvalue weighted by Crippen LogP contribution is -2.67. The second-order valence-corrected chi connectivity index (χ2v) is 9.58. The van der Waals surface area contributed by atoms with Gasteiger partial charge in [-0.25, -0.2) is 4.79 Å². The number of aliphatic carboxylic acids is 1. The first-order valence-corrected chi connectivity index (χ1v) is 11.6. The molecule has 4 aliphatic rings. The Hall–Kier alpha value is -3.07. The Morgan fingerprint density at radius 2 is 2.06 bits per heavy atom. The fourth-order valence-electron chi connectivity index (χ4n) is 6.39. The molecule has 5 atom stereocenters. The van der Waals surface area contributed by atoms with Gasteiger partial charge in [0.15, 0.2) is 23.7 Å². The van der Waals surface area contributed by atoms with Crippen molar-refractivity contribution in [1.82, 2.24) is 0 Å². The van der Waals surface area contributed by atoms with Crippen LogP contribution >= 0.6 is 0 Å². The van der Waals surface area contributed by atoms with Crippen molar-refractivity contribution in [3.63, 3.8) is 0 Å². The highest BCUT2D eigenvalue weighted by molar-refractivity contribution is 5.81. The van der Waals surface area contributed by atoms with Gasteiger partial charge >= 0.3 is 17.9 Å². The zero-order valence-corrected chi connectivity index (χ0v) is 19.2. The van der Waals surface area contributed by atoms with Crippen molar-refractivity contribution in [2.24, 2.45) is 5.92 Å². The highest BCUT2D eigenvalue weighted by Gasteiger charge is 2.71. The van der Waals surface area contributed by atoms with Gasteiger partial charge in [-0.3, -0.25) is 9.59 Å². The molecule has 9 nitrogen and oxygen atoms in total. The maximum atomic E-state index is 12.8. The van der Waals surface area contributed by atoms with Crippen molar-refractivity contribution >= 4 is 17.9 Å². The molecule has 0 radical (unpaired) electrons. The summed E-state index contributed by atoms with van der Waals surface area (Å²) in [5, 5.41) is 20.7. The summed E-state index contributed by atoms with van der Waals surface area (Å²) >= 11 is 0. The van der Waals surface area contributed by atoms with E-state index >= 15 is 0 Å². The Bertz CT molecular complexity index is 1090. The van der Waals surface area contributed by atoms with Gasteiger partial charge in [0.05, 0.1) is 31.0 Å². The summed E-state index contributed by atoms with van der Waals surface area (Å²) in [5.41, 5.74) is 0.302. The number of ether oxygens (including phenoxy) is 4.